The van der Waals surface area contributed by atoms with Crippen LogP contribution in [-0.4, -0.2) is 32.1 Å². The van der Waals surface area contributed by atoms with Crippen molar-refractivity contribution in [2.75, 3.05) is 27.2 Å². The van der Waals surface area contributed by atoms with Crippen LogP contribution in [0.15, 0.2) is 24.3 Å². The summed E-state index contributed by atoms with van der Waals surface area (Å²) in [6.45, 7) is 2.99. The molecule has 0 radical (unpaired) electrons. The third kappa shape index (κ3) is 3.51. The maximum absolute atomic E-state index is 13.1. The normalized spacial score (nSPS) is 17.4. The molecule has 1 aromatic rings. The average Bonchev–Trinajstić information content (AvgIpc) is 2.97. The molecular weight excluding hydrogens is 215 g/mol. The van der Waals surface area contributed by atoms with Gasteiger partial charge in [-0.3, -0.25) is 0 Å². The quantitative estimate of drug-likeness (QED) is 0.815. The molecule has 1 aliphatic carbocycles. The molecule has 1 fully saturated rings. The molecule has 2 rings (SSSR count). The van der Waals surface area contributed by atoms with Gasteiger partial charge in [0.25, 0.3) is 0 Å². The van der Waals surface area contributed by atoms with E-state index in [1.807, 2.05) is 13.1 Å². The van der Waals surface area contributed by atoms with Gasteiger partial charge in [-0.2, -0.15) is 0 Å². The van der Waals surface area contributed by atoms with E-state index < -0.39 is 0 Å². The van der Waals surface area contributed by atoms with Gasteiger partial charge in [0.1, 0.15) is 5.82 Å². The lowest BCUT2D eigenvalue weighted by Gasteiger charge is -2.23. The molecule has 0 heterocycles. The Morgan fingerprint density at radius 2 is 2.18 bits per heavy atom. The Labute approximate surface area is 103 Å². The lowest BCUT2D eigenvalue weighted by atomic mass is 10.1. The Morgan fingerprint density at radius 1 is 1.41 bits per heavy atom. The first-order chi connectivity index (χ1) is 8.13. The molecular formula is C14H21FN2. The van der Waals surface area contributed by atoms with Crippen molar-refractivity contribution in [1.29, 1.82) is 0 Å². The summed E-state index contributed by atoms with van der Waals surface area (Å²) in [7, 11) is 4.12. The van der Waals surface area contributed by atoms with Crippen LogP contribution in [-0.2, 0) is 6.54 Å². The number of halogens is 1. The second-order valence-corrected chi connectivity index (χ2v) is 5.33. The maximum atomic E-state index is 13.1. The lowest BCUT2D eigenvalue weighted by Crippen LogP contribution is -2.32. The van der Waals surface area contributed by atoms with Gasteiger partial charge in [-0.15, -0.1) is 0 Å². The molecule has 0 saturated heterocycles. The van der Waals surface area contributed by atoms with Gasteiger partial charge in [0.2, 0.25) is 0 Å². The number of hydrogen-bond donors (Lipinski definition) is 1. The molecule has 1 aromatic carbocycles. The van der Waals surface area contributed by atoms with Crippen LogP contribution in [0.2, 0.25) is 0 Å². The number of nitrogens with zero attached hydrogens (tertiary/aromatic N) is 1. The Balaban J connectivity index is 1.87. The second kappa shape index (κ2) is 5.15. The summed E-state index contributed by atoms with van der Waals surface area (Å²) in [6, 6.07) is 6.87. The van der Waals surface area contributed by atoms with E-state index in [0.717, 1.165) is 25.2 Å². The zero-order valence-electron chi connectivity index (χ0n) is 10.7. The van der Waals surface area contributed by atoms with Crippen molar-refractivity contribution >= 4 is 0 Å². The molecule has 0 atom stereocenters. The Hall–Kier alpha value is -0.930. The zero-order valence-corrected chi connectivity index (χ0v) is 10.7. The van der Waals surface area contributed by atoms with Crippen molar-refractivity contribution in [2.24, 2.45) is 5.41 Å². The van der Waals surface area contributed by atoms with Crippen molar-refractivity contribution in [1.82, 2.24) is 10.2 Å². The molecule has 0 unspecified atom stereocenters. The summed E-state index contributed by atoms with van der Waals surface area (Å²) < 4.78 is 13.1. The summed E-state index contributed by atoms with van der Waals surface area (Å²) >= 11 is 0. The summed E-state index contributed by atoms with van der Waals surface area (Å²) in [5.41, 5.74) is 1.52. The molecule has 0 aromatic heterocycles. The van der Waals surface area contributed by atoms with Crippen molar-refractivity contribution in [3.8, 4) is 0 Å². The smallest absolute Gasteiger partial charge is 0.123 e. The first-order valence-electron chi connectivity index (χ1n) is 6.21. The summed E-state index contributed by atoms with van der Waals surface area (Å²) in [5.74, 6) is -0.146. The average molecular weight is 236 g/mol. The van der Waals surface area contributed by atoms with Gasteiger partial charge < -0.3 is 10.2 Å². The van der Waals surface area contributed by atoms with E-state index in [-0.39, 0.29) is 5.82 Å². The van der Waals surface area contributed by atoms with Gasteiger partial charge in [0.15, 0.2) is 0 Å². The van der Waals surface area contributed by atoms with Crippen LogP contribution in [0.3, 0.4) is 0 Å². The lowest BCUT2D eigenvalue weighted by molar-refractivity contribution is 0.252. The summed E-state index contributed by atoms with van der Waals surface area (Å²) in [6.07, 6.45) is 2.61. The van der Waals surface area contributed by atoms with E-state index in [9.17, 15) is 4.39 Å². The molecule has 1 saturated carbocycles. The molecule has 3 heteroatoms. The van der Waals surface area contributed by atoms with Crippen molar-refractivity contribution in [2.45, 2.75) is 19.4 Å². The summed E-state index contributed by atoms with van der Waals surface area (Å²) in [5, 5.41) is 3.26. The number of nitrogens with one attached hydrogen (secondary N) is 1. The molecule has 0 spiro atoms. The van der Waals surface area contributed by atoms with Gasteiger partial charge in [-0.05, 0) is 50.0 Å². The van der Waals surface area contributed by atoms with E-state index in [4.69, 9.17) is 0 Å². The molecule has 2 nitrogen and oxygen atoms in total. The summed E-state index contributed by atoms with van der Waals surface area (Å²) in [4.78, 5) is 2.29. The Bertz CT molecular complexity index is 374. The van der Waals surface area contributed by atoms with Crippen LogP contribution in [0.25, 0.3) is 0 Å². The predicted molar refractivity (Wildman–Crippen MR) is 68.3 cm³/mol. The maximum Gasteiger partial charge on any atom is 0.123 e. The van der Waals surface area contributed by atoms with E-state index in [1.165, 1.54) is 18.9 Å². The fraction of sp³-hybridized carbons (Fsp3) is 0.571. The fourth-order valence-electron chi connectivity index (χ4n) is 2.52. The van der Waals surface area contributed by atoms with E-state index in [2.05, 4.69) is 17.3 Å². The van der Waals surface area contributed by atoms with Gasteiger partial charge in [0.05, 0.1) is 0 Å². The van der Waals surface area contributed by atoms with Crippen LogP contribution < -0.4 is 5.32 Å². The van der Waals surface area contributed by atoms with Crippen molar-refractivity contribution < 1.29 is 4.39 Å². The molecule has 0 amide bonds. The number of hydrogen-bond acceptors (Lipinski definition) is 2. The third-order valence-electron chi connectivity index (χ3n) is 3.46. The highest BCUT2D eigenvalue weighted by Crippen LogP contribution is 2.45. The van der Waals surface area contributed by atoms with E-state index in [1.54, 1.807) is 12.1 Å². The first-order valence-corrected chi connectivity index (χ1v) is 6.21. The van der Waals surface area contributed by atoms with Crippen molar-refractivity contribution in [3.63, 3.8) is 0 Å². The SMILES string of the molecule is CNCC1(CN(C)Cc2cccc(F)c2)CC1. The van der Waals surface area contributed by atoms with Gasteiger partial charge >= 0.3 is 0 Å². The van der Waals surface area contributed by atoms with Crippen LogP contribution in [0, 0.1) is 11.2 Å². The second-order valence-electron chi connectivity index (χ2n) is 5.33. The minimum absolute atomic E-state index is 0.146. The highest BCUT2D eigenvalue weighted by molar-refractivity contribution is 5.16. The Kier molecular flexibility index (Phi) is 3.79. The monoisotopic (exact) mass is 236 g/mol. The highest BCUT2D eigenvalue weighted by Gasteiger charge is 2.42. The molecule has 1 N–H and O–H groups in total. The van der Waals surface area contributed by atoms with Crippen LogP contribution in [0.1, 0.15) is 18.4 Å². The van der Waals surface area contributed by atoms with Gasteiger partial charge in [0, 0.05) is 19.6 Å². The van der Waals surface area contributed by atoms with E-state index >= 15 is 0 Å². The third-order valence-corrected chi connectivity index (χ3v) is 3.46. The minimum Gasteiger partial charge on any atom is -0.319 e. The number of rotatable bonds is 6. The first kappa shape index (κ1) is 12.5. The van der Waals surface area contributed by atoms with Crippen LogP contribution in [0.4, 0.5) is 4.39 Å². The minimum atomic E-state index is -0.146. The molecule has 1 aliphatic rings. The van der Waals surface area contributed by atoms with Crippen LogP contribution >= 0.6 is 0 Å². The fourth-order valence-corrected chi connectivity index (χ4v) is 2.52. The van der Waals surface area contributed by atoms with E-state index in [0.29, 0.717) is 5.41 Å². The van der Waals surface area contributed by atoms with Crippen molar-refractivity contribution in [3.05, 3.63) is 35.6 Å². The topological polar surface area (TPSA) is 15.3 Å². The van der Waals surface area contributed by atoms with Gasteiger partial charge in [-0.25, -0.2) is 4.39 Å². The zero-order chi connectivity index (χ0) is 12.3. The molecule has 94 valence electrons. The molecule has 17 heavy (non-hydrogen) atoms. The molecule has 0 aliphatic heterocycles. The Morgan fingerprint density at radius 3 is 2.76 bits per heavy atom. The highest BCUT2D eigenvalue weighted by atomic mass is 19.1. The van der Waals surface area contributed by atoms with Gasteiger partial charge in [-0.1, -0.05) is 12.1 Å². The standard InChI is InChI=1S/C14H21FN2/c1-16-10-14(6-7-14)11-17(2)9-12-4-3-5-13(15)8-12/h3-5,8,16H,6-7,9-11H2,1-2H3. The number of benzene rings is 1. The predicted octanol–water partition coefficient (Wildman–Crippen LogP) is 2.26. The largest absolute Gasteiger partial charge is 0.319 e. The molecule has 0 bridgehead atoms. The van der Waals surface area contributed by atoms with Crippen LogP contribution in [0.5, 0.6) is 0 Å².